The summed E-state index contributed by atoms with van der Waals surface area (Å²) < 4.78 is 5.72. The lowest BCUT2D eigenvalue weighted by atomic mass is 9.72. The van der Waals surface area contributed by atoms with Crippen molar-refractivity contribution in [2.75, 3.05) is 0 Å². The molecule has 2 unspecified atom stereocenters. The summed E-state index contributed by atoms with van der Waals surface area (Å²) >= 11 is 0. The molecule has 4 rings (SSSR count). The first-order valence-corrected chi connectivity index (χ1v) is 9.11. The van der Waals surface area contributed by atoms with E-state index in [1.807, 2.05) is 0 Å². The number of allylic oxidation sites excluding steroid dienone is 4. The van der Waals surface area contributed by atoms with E-state index in [2.05, 4.69) is 0 Å². The Hall–Kier alpha value is -3.95. The third-order valence-corrected chi connectivity index (χ3v) is 5.43. The zero-order valence-corrected chi connectivity index (χ0v) is 15.5. The molecule has 10 heteroatoms. The highest BCUT2D eigenvalue weighted by molar-refractivity contribution is 5.99. The summed E-state index contributed by atoms with van der Waals surface area (Å²) in [6.45, 7) is 0. The summed E-state index contributed by atoms with van der Waals surface area (Å²) in [6, 6.07) is 1.86. The average molecular weight is 412 g/mol. The van der Waals surface area contributed by atoms with Gasteiger partial charge in [0.2, 0.25) is 6.04 Å². The van der Waals surface area contributed by atoms with Crippen LogP contribution in [-0.4, -0.2) is 32.1 Å². The summed E-state index contributed by atoms with van der Waals surface area (Å²) in [5.41, 5.74) is -2.09. The zero-order valence-electron chi connectivity index (χ0n) is 15.5. The highest BCUT2D eigenvalue weighted by Gasteiger charge is 2.59. The normalized spacial score (nSPS) is 25.3. The first kappa shape index (κ1) is 19.4. The van der Waals surface area contributed by atoms with E-state index in [9.17, 15) is 35.2 Å². The number of nitro groups is 2. The molecule has 1 aliphatic heterocycles. The van der Waals surface area contributed by atoms with Gasteiger partial charge in [0.25, 0.3) is 5.69 Å². The van der Waals surface area contributed by atoms with Crippen LogP contribution in [0.2, 0.25) is 0 Å². The van der Waals surface area contributed by atoms with Gasteiger partial charge in [-0.2, -0.15) is 0 Å². The Morgan fingerprint density at radius 1 is 1.10 bits per heavy atom. The van der Waals surface area contributed by atoms with Crippen LogP contribution < -0.4 is 0 Å². The van der Waals surface area contributed by atoms with Gasteiger partial charge in [0.15, 0.2) is 5.60 Å². The van der Waals surface area contributed by atoms with E-state index in [1.54, 1.807) is 12.2 Å². The van der Waals surface area contributed by atoms with Crippen LogP contribution in [0.4, 0.5) is 5.69 Å². The van der Waals surface area contributed by atoms with Gasteiger partial charge < -0.3 is 14.9 Å². The molecule has 3 aliphatic rings. The van der Waals surface area contributed by atoms with Gasteiger partial charge in [-0.1, -0.05) is 12.2 Å². The van der Waals surface area contributed by atoms with Crippen LogP contribution in [0.3, 0.4) is 0 Å². The molecular weight excluding hydrogens is 396 g/mol. The molecule has 2 atom stereocenters. The Morgan fingerprint density at radius 3 is 2.53 bits per heavy atom. The number of nitro benzene ring substituents is 1. The topological polar surface area (TPSA) is 153 Å². The van der Waals surface area contributed by atoms with Crippen molar-refractivity contribution in [1.82, 2.24) is 0 Å². The third kappa shape index (κ3) is 2.76. The fourth-order valence-electron chi connectivity index (χ4n) is 4.20. The van der Waals surface area contributed by atoms with Gasteiger partial charge in [0.1, 0.15) is 5.75 Å². The Balaban J connectivity index is 2.08. The molecule has 0 amide bonds. The number of carbonyl (C=O) groups is 1. The molecule has 30 heavy (non-hydrogen) atoms. The van der Waals surface area contributed by atoms with Crippen molar-refractivity contribution in [3.8, 4) is 5.75 Å². The number of aliphatic hydroxyl groups is 1. The Morgan fingerprint density at radius 2 is 1.83 bits per heavy atom. The molecule has 0 saturated carbocycles. The molecule has 0 radical (unpaired) electrons. The second kappa shape index (κ2) is 6.83. The second-order valence-electron chi connectivity index (χ2n) is 7.13. The molecule has 154 valence electrons. The van der Waals surface area contributed by atoms with Gasteiger partial charge in [0, 0.05) is 10.5 Å². The van der Waals surface area contributed by atoms with E-state index < -0.39 is 33.1 Å². The number of hydrogen-bond donors (Lipinski definition) is 2. The van der Waals surface area contributed by atoms with Crippen molar-refractivity contribution >= 4 is 11.7 Å². The lowest BCUT2D eigenvalue weighted by Gasteiger charge is -2.34. The fraction of sp³-hybridized carbons (Fsp3) is 0.250. The molecule has 1 aromatic carbocycles. The number of phenolic OH excluding ortho intramolecular Hbond substituents is 1. The maximum atomic E-state index is 12.7. The lowest BCUT2D eigenvalue weighted by Crippen LogP contribution is -2.40. The van der Waals surface area contributed by atoms with E-state index in [-0.39, 0.29) is 34.6 Å². The first-order chi connectivity index (χ1) is 14.3. The van der Waals surface area contributed by atoms with Gasteiger partial charge in [-0.3, -0.25) is 20.2 Å². The van der Waals surface area contributed by atoms with E-state index in [0.29, 0.717) is 18.4 Å². The highest BCUT2D eigenvalue weighted by atomic mass is 16.6. The van der Waals surface area contributed by atoms with Crippen LogP contribution in [0.25, 0.3) is 0 Å². The molecule has 1 fully saturated rings. The van der Waals surface area contributed by atoms with Crippen LogP contribution in [0.15, 0.2) is 65.0 Å². The summed E-state index contributed by atoms with van der Waals surface area (Å²) in [4.78, 5) is 35.0. The number of aromatic hydroxyl groups is 1. The van der Waals surface area contributed by atoms with Crippen molar-refractivity contribution in [1.29, 1.82) is 0 Å². The van der Waals surface area contributed by atoms with Crippen molar-refractivity contribution in [2.24, 2.45) is 0 Å². The number of fused-ring (bicyclic) bond motifs is 1. The second-order valence-corrected chi connectivity index (χ2v) is 7.13. The summed E-state index contributed by atoms with van der Waals surface area (Å²) in [5.74, 6) is -1.35. The average Bonchev–Trinajstić information content (AvgIpc) is 3.01. The van der Waals surface area contributed by atoms with Crippen molar-refractivity contribution in [3.63, 3.8) is 0 Å². The number of nitrogens with zero attached hydrogens (tertiary/aromatic N) is 2. The van der Waals surface area contributed by atoms with Crippen molar-refractivity contribution in [2.45, 2.75) is 30.9 Å². The molecular formula is C20H16N2O8. The quantitative estimate of drug-likeness (QED) is 0.434. The molecule has 2 N–H and O–H groups in total. The minimum absolute atomic E-state index is 0.0102. The van der Waals surface area contributed by atoms with Gasteiger partial charge in [0.05, 0.1) is 39.9 Å². The SMILES string of the molecule is O=C1OC(C2=CC=C(O)CC2[N+](=O)[O-])(c2ccc(O)cc2[N+](=O)[O-])C2=CCCC=C12. The van der Waals surface area contributed by atoms with Crippen molar-refractivity contribution < 1.29 is 29.6 Å². The maximum absolute atomic E-state index is 12.7. The van der Waals surface area contributed by atoms with E-state index in [4.69, 9.17) is 4.74 Å². The summed E-state index contributed by atoms with van der Waals surface area (Å²) in [7, 11) is 0. The zero-order chi connectivity index (χ0) is 21.6. The minimum Gasteiger partial charge on any atom is -0.512 e. The van der Waals surface area contributed by atoms with Crippen LogP contribution in [0.1, 0.15) is 24.8 Å². The summed E-state index contributed by atoms with van der Waals surface area (Å²) in [5, 5.41) is 43.2. The fourth-order valence-corrected chi connectivity index (χ4v) is 4.20. The Labute approximate surface area is 169 Å². The number of benzene rings is 1. The lowest BCUT2D eigenvalue weighted by molar-refractivity contribution is -0.514. The largest absolute Gasteiger partial charge is 0.512 e. The molecule has 1 saturated heterocycles. The number of ether oxygens (including phenoxy) is 1. The third-order valence-electron chi connectivity index (χ3n) is 5.43. The van der Waals surface area contributed by atoms with Gasteiger partial charge in [-0.25, -0.2) is 4.79 Å². The monoisotopic (exact) mass is 412 g/mol. The van der Waals surface area contributed by atoms with Crippen LogP contribution in [0, 0.1) is 20.2 Å². The van der Waals surface area contributed by atoms with Gasteiger partial charge in [-0.15, -0.1) is 0 Å². The van der Waals surface area contributed by atoms with Crippen molar-refractivity contribution in [3.05, 3.63) is 90.8 Å². The predicted molar refractivity (Wildman–Crippen MR) is 102 cm³/mol. The number of rotatable bonds is 4. The van der Waals surface area contributed by atoms with E-state index in [1.165, 1.54) is 24.3 Å². The number of cyclic esters (lactones) is 1. The molecule has 0 aromatic heterocycles. The van der Waals surface area contributed by atoms with Gasteiger partial charge >= 0.3 is 5.97 Å². The van der Waals surface area contributed by atoms with Gasteiger partial charge in [-0.05, 0) is 37.1 Å². The number of hydrogen-bond acceptors (Lipinski definition) is 8. The number of aliphatic hydroxyl groups excluding tert-OH is 1. The highest BCUT2D eigenvalue weighted by Crippen LogP contribution is 2.55. The summed E-state index contributed by atoms with van der Waals surface area (Å²) in [6.07, 6.45) is 6.57. The molecule has 2 aliphatic carbocycles. The first-order valence-electron chi connectivity index (χ1n) is 9.11. The van der Waals surface area contributed by atoms with Crippen LogP contribution >= 0.6 is 0 Å². The molecule has 0 spiro atoms. The van der Waals surface area contributed by atoms with E-state index >= 15 is 0 Å². The molecule has 0 bridgehead atoms. The maximum Gasteiger partial charge on any atom is 0.339 e. The molecule has 1 aromatic rings. The predicted octanol–water partition coefficient (Wildman–Crippen LogP) is 3.12. The Bertz CT molecular complexity index is 1110. The number of esters is 1. The smallest absolute Gasteiger partial charge is 0.339 e. The molecule has 10 nitrogen and oxygen atoms in total. The van der Waals surface area contributed by atoms with Crippen LogP contribution in [-0.2, 0) is 15.1 Å². The number of phenols is 1. The standard InChI is InChI=1S/C20H16N2O8/c23-11-5-7-15(17(9-11)21(26)27)20(14-4-2-1-3-13(14)19(25)30-20)16-8-6-12(24)10-18(16)22(28)29/h3-9,18,23-24H,1-2,10H2. The number of carbonyl (C=O) groups excluding carboxylic acids is 1. The van der Waals surface area contributed by atoms with E-state index in [0.717, 1.165) is 6.07 Å². The molecule has 1 heterocycles. The minimum atomic E-state index is -1.92. The Kier molecular flexibility index (Phi) is 4.41. The van der Waals surface area contributed by atoms with Crippen LogP contribution in [0.5, 0.6) is 5.75 Å².